The maximum Gasteiger partial charge on any atom is 0.333 e. The van der Waals surface area contributed by atoms with Crippen molar-refractivity contribution in [1.82, 2.24) is 0 Å². The minimum atomic E-state index is -1.77. The first-order chi connectivity index (χ1) is 14.3. The van der Waals surface area contributed by atoms with Crippen molar-refractivity contribution in [2.75, 3.05) is 6.61 Å². The second-order valence-electron chi connectivity index (χ2n) is 10.7. The van der Waals surface area contributed by atoms with E-state index < -0.39 is 34.1 Å². The molecule has 6 heteroatoms. The topological polar surface area (TPSA) is 104 Å². The number of aliphatic hydroxyl groups excluding tert-OH is 1. The number of carbonyl (C=O) groups excluding carboxylic acids is 2. The van der Waals surface area contributed by atoms with E-state index in [2.05, 4.69) is 0 Å². The quantitative estimate of drug-likeness (QED) is 0.361. The van der Waals surface area contributed by atoms with E-state index in [9.17, 15) is 24.9 Å². The fourth-order valence-corrected chi connectivity index (χ4v) is 6.96. The summed E-state index contributed by atoms with van der Waals surface area (Å²) in [4.78, 5) is 25.6. The molecule has 170 valence electrons. The molecule has 0 spiro atoms. The Kier molecular flexibility index (Phi) is 4.79. The van der Waals surface area contributed by atoms with Crippen molar-refractivity contribution < 1.29 is 29.6 Å². The van der Waals surface area contributed by atoms with Gasteiger partial charge in [0.1, 0.15) is 11.2 Å². The molecule has 2 fully saturated rings. The van der Waals surface area contributed by atoms with Crippen LogP contribution < -0.4 is 0 Å². The maximum atomic E-state index is 12.9. The van der Waals surface area contributed by atoms with E-state index in [1.807, 2.05) is 26.8 Å². The molecule has 31 heavy (non-hydrogen) atoms. The number of Topliss-reactive ketones (excluding diaryl/α,β-unsaturated/α-hetero) is 1. The van der Waals surface area contributed by atoms with Crippen LogP contribution in [0, 0.1) is 29.1 Å². The molecular weight excluding hydrogens is 396 g/mol. The summed E-state index contributed by atoms with van der Waals surface area (Å²) in [5, 5.41) is 33.7. The summed E-state index contributed by atoms with van der Waals surface area (Å²) in [6.07, 6.45) is 5.70. The minimum absolute atomic E-state index is 0.00993. The van der Waals surface area contributed by atoms with E-state index in [0.29, 0.717) is 23.1 Å². The predicted molar refractivity (Wildman–Crippen MR) is 115 cm³/mol. The number of ketones is 1. The number of carbonyl (C=O) groups is 2. The Labute approximate surface area is 183 Å². The Morgan fingerprint density at radius 3 is 2.52 bits per heavy atom. The summed E-state index contributed by atoms with van der Waals surface area (Å²) in [5.41, 5.74) is -2.81. The Hall–Kier alpha value is -1.76. The molecule has 0 aromatic heterocycles. The van der Waals surface area contributed by atoms with Gasteiger partial charge in [-0.25, -0.2) is 4.79 Å². The van der Waals surface area contributed by atoms with Gasteiger partial charge in [-0.05, 0) is 44.3 Å². The van der Waals surface area contributed by atoms with Gasteiger partial charge in [-0.15, -0.1) is 0 Å². The van der Waals surface area contributed by atoms with E-state index in [1.165, 1.54) is 0 Å². The van der Waals surface area contributed by atoms with Gasteiger partial charge in [0.05, 0.1) is 12.2 Å². The highest BCUT2D eigenvalue weighted by molar-refractivity contribution is 6.04. The van der Waals surface area contributed by atoms with Crippen LogP contribution in [-0.4, -0.2) is 50.5 Å². The number of fused-ring (bicyclic) bond motifs is 5. The van der Waals surface area contributed by atoms with E-state index in [1.54, 1.807) is 32.9 Å². The van der Waals surface area contributed by atoms with Gasteiger partial charge in [0, 0.05) is 35.2 Å². The predicted octanol–water partition coefficient (Wildman–Crippen LogP) is 2.48. The van der Waals surface area contributed by atoms with E-state index in [0.717, 1.165) is 0 Å². The van der Waals surface area contributed by atoms with Crippen molar-refractivity contribution in [3.8, 4) is 0 Å². The Morgan fingerprint density at radius 2 is 1.94 bits per heavy atom. The highest BCUT2D eigenvalue weighted by Gasteiger charge is 2.83. The van der Waals surface area contributed by atoms with Crippen LogP contribution in [0.1, 0.15) is 54.4 Å². The SMILES string of the molecule is C/C=C(\C)C(=O)O[C@@]12C[C@@H](C)[C@]3(O)[C@H]4C=C(C)C(=O)[C@@]4(O)CC(CO)=C[C@H]3[C@@H]1C2(C)C. The molecule has 0 aromatic carbocycles. The molecule has 0 heterocycles. The van der Waals surface area contributed by atoms with Gasteiger partial charge in [-0.2, -0.15) is 0 Å². The third-order valence-electron chi connectivity index (χ3n) is 8.90. The summed E-state index contributed by atoms with van der Waals surface area (Å²) in [6, 6.07) is 0. The highest BCUT2D eigenvalue weighted by Crippen LogP contribution is 2.76. The Balaban J connectivity index is 1.85. The van der Waals surface area contributed by atoms with Crippen LogP contribution in [0.4, 0.5) is 0 Å². The van der Waals surface area contributed by atoms with Crippen LogP contribution in [0.2, 0.25) is 0 Å². The van der Waals surface area contributed by atoms with Gasteiger partial charge in [-0.3, -0.25) is 4.79 Å². The lowest BCUT2D eigenvalue weighted by atomic mass is 9.60. The lowest BCUT2D eigenvalue weighted by Crippen LogP contribution is -2.61. The monoisotopic (exact) mass is 430 g/mol. The van der Waals surface area contributed by atoms with E-state index in [-0.39, 0.29) is 36.6 Å². The van der Waals surface area contributed by atoms with Gasteiger partial charge in [-0.1, -0.05) is 39.0 Å². The second kappa shape index (κ2) is 6.63. The number of aliphatic hydroxyl groups is 3. The molecule has 6 nitrogen and oxygen atoms in total. The lowest BCUT2D eigenvalue weighted by Gasteiger charge is -2.50. The number of hydrogen-bond acceptors (Lipinski definition) is 6. The zero-order valence-corrected chi connectivity index (χ0v) is 19.2. The summed E-state index contributed by atoms with van der Waals surface area (Å²) >= 11 is 0. The third-order valence-corrected chi connectivity index (χ3v) is 8.90. The molecule has 4 rings (SSSR count). The normalized spacial score (nSPS) is 45.6. The molecule has 4 aliphatic carbocycles. The van der Waals surface area contributed by atoms with Gasteiger partial charge in [0.15, 0.2) is 5.78 Å². The minimum Gasteiger partial charge on any atom is -0.455 e. The van der Waals surface area contributed by atoms with Crippen LogP contribution in [0.3, 0.4) is 0 Å². The lowest BCUT2D eigenvalue weighted by molar-refractivity contribution is -0.185. The van der Waals surface area contributed by atoms with Crippen LogP contribution in [0.5, 0.6) is 0 Å². The number of hydrogen-bond donors (Lipinski definition) is 3. The third kappa shape index (κ3) is 2.61. The first-order valence-electron chi connectivity index (χ1n) is 11.2. The number of rotatable bonds is 3. The largest absolute Gasteiger partial charge is 0.455 e. The molecule has 0 unspecified atom stereocenters. The van der Waals surface area contributed by atoms with Gasteiger partial charge >= 0.3 is 5.97 Å². The van der Waals surface area contributed by atoms with Gasteiger partial charge in [0.2, 0.25) is 0 Å². The first-order valence-corrected chi connectivity index (χ1v) is 11.2. The summed E-state index contributed by atoms with van der Waals surface area (Å²) in [7, 11) is 0. The molecular formula is C25H34O6. The molecule has 0 aliphatic heterocycles. The number of allylic oxidation sites excluding steroid dienone is 1. The summed E-state index contributed by atoms with van der Waals surface area (Å²) < 4.78 is 6.12. The van der Waals surface area contributed by atoms with Gasteiger partial charge < -0.3 is 20.1 Å². The van der Waals surface area contributed by atoms with Crippen molar-refractivity contribution in [3.63, 3.8) is 0 Å². The van der Waals surface area contributed by atoms with Crippen molar-refractivity contribution in [2.45, 2.75) is 71.2 Å². The highest BCUT2D eigenvalue weighted by atomic mass is 16.6. The van der Waals surface area contributed by atoms with E-state index >= 15 is 0 Å². The molecule has 0 amide bonds. The summed E-state index contributed by atoms with van der Waals surface area (Å²) in [5.74, 6) is -2.55. The maximum absolute atomic E-state index is 12.9. The summed E-state index contributed by atoms with van der Waals surface area (Å²) in [6.45, 7) is 10.9. The Bertz CT molecular complexity index is 942. The molecule has 3 N–H and O–H groups in total. The fourth-order valence-electron chi connectivity index (χ4n) is 6.96. The van der Waals surface area contributed by atoms with Crippen molar-refractivity contribution in [2.24, 2.45) is 29.1 Å². The molecule has 4 aliphatic rings. The van der Waals surface area contributed by atoms with Crippen LogP contribution in [-0.2, 0) is 14.3 Å². The van der Waals surface area contributed by atoms with Crippen LogP contribution in [0.25, 0.3) is 0 Å². The number of esters is 1. The average molecular weight is 431 g/mol. The van der Waals surface area contributed by atoms with Crippen LogP contribution in [0.15, 0.2) is 34.9 Å². The van der Waals surface area contributed by atoms with Crippen molar-refractivity contribution in [1.29, 1.82) is 0 Å². The van der Waals surface area contributed by atoms with Crippen molar-refractivity contribution >= 4 is 11.8 Å². The molecule has 0 radical (unpaired) electrons. The van der Waals surface area contributed by atoms with Crippen LogP contribution >= 0.6 is 0 Å². The smallest absolute Gasteiger partial charge is 0.333 e. The standard InChI is InChI=1S/C25H34O6/c1-7-13(2)21(28)31-24-10-15(4)25(30)17(19(24)22(24,5)6)9-16(12-26)11-23(29)18(25)8-14(3)20(23)27/h7-9,15,17-19,26,29-30H,10-12H2,1-6H3/b13-7+/t15-,17+,18+,19-,23-,24+,25-/m1/s1. The Morgan fingerprint density at radius 1 is 1.29 bits per heavy atom. The molecule has 0 bridgehead atoms. The molecule has 2 saturated carbocycles. The van der Waals surface area contributed by atoms with Crippen molar-refractivity contribution in [3.05, 3.63) is 34.9 Å². The molecule has 0 aromatic rings. The zero-order chi connectivity index (χ0) is 23.1. The molecule has 7 atom stereocenters. The van der Waals surface area contributed by atoms with E-state index in [4.69, 9.17) is 4.74 Å². The molecule has 0 saturated heterocycles. The average Bonchev–Trinajstić information content (AvgIpc) is 3.11. The second-order valence-corrected chi connectivity index (χ2v) is 10.7. The zero-order valence-electron chi connectivity index (χ0n) is 19.2. The fraction of sp³-hybridized carbons (Fsp3) is 0.680. The van der Waals surface area contributed by atoms with Gasteiger partial charge in [0.25, 0.3) is 0 Å². The number of ether oxygens (including phenoxy) is 1. The first kappa shape index (κ1) is 22.4.